The zero-order valence-corrected chi connectivity index (χ0v) is 11.8. The van der Waals surface area contributed by atoms with Crippen LogP contribution in [0.1, 0.15) is 32.1 Å². The third kappa shape index (κ3) is 6.42. The largest absolute Gasteiger partial charge is 0.481 e. The minimum Gasteiger partial charge on any atom is -0.481 e. The van der Waals surface area contributed by atoms with Crippen molar-refractivity contribution in [1.29, 1.82) is 0 Å². The molecule has 2 atom stereocenters. The highest BCUT2D eigenvalue weighted by molar-refractivity contribution is 5.75. The van der Waals surface area contributed by atoms with Gasteiger partial charge in [0.25, 0.3) is 0 Å². The molecule has 0 heterocycles. The van der Waals surface area contributed by atoms with Crippen LogP contribution in [0.5, 0.6) is 0 Å². The second-order valence-corrected chi connectivity index (χ2v) is 5.46. The maximum absolute atomic E-state index is 11.6. The molecule has 2 amide bonds. The lowest BCUT2D eigenvalue weighted by Crippen LogP contribution is -2.41. The highest BCUT2D eigenvalue weighted by Crippen LogP contribution is 2.25. The number of hydrogen-bond acceptors (Lipinski definition) is 3. The molecule has 0 radical (unpaired) electrons. The van der Waals surface area contributed by atoms with Gasteiger partial charge in [-0.1, -0.05) is 0 Å². The van der Waals surface area contributed by atoms with Crippen LogP contribution < -0.4 is 10.6 Å². The van der Waals surface area contributed by atoms with Crippen molar-refractivity contribution in [2.75, 3.05) is 27.2 Å². The molecule has 6 nitrogen and oxygen atoms in total. The molecule has 6 heteroatoms. The molecule has 0 aliphatic heterocycles. The fourth-order valence-electron chi connectivity index (χ4n) is 2.33. The molecule has 3 N–H and O–H groups in total. The molecular formula is C13H25N3O3. The number of carboxylic acid groups (broad SMARTS) is 1. The number of carbonyl (C=O) groups is 2. The SMILES string of the molecule is CN(C)CCCCNC(=O)N[C@H]1CC[C@@H](C(=O)O)C1. The van der Waals surface area contributed by atoms with Gasteiger partial charge < -0.3 is 20.6 Å². The van der Waals surface area contributed by atoms with E-state index in [1.807, 2.05) is 14.1 Å². The molecule has 0 aromatic rings. The van der Waals surface area contributed by atoms with Crippen LogP contribution in [0.2, 0.25) is 0 Å². The number of carboxylic acids is 1. The molecule has 1 aliphatic rings. The highest BCUT2D eigenvalue weighted by Gasteiger charge is 2.30. The molecule has 0 saturated heterocycles. The first-order chi connectivity index (χ1) is 8.99. The van der Waals surface area contributed by atoms with Gasteiger partial charge in [0, 0.05) is 12.6 Å². The Labute approximate surface area is 114 Å². The Kier molecular flexibility index (Phi) is 6.62. The molecule has 110 valence electrons. The van der Waals surface area contributed by atoms with Gasteiger partial charge in [0.1, 0.15) is 0 Å². The monoisotopic (exact) mass is 271 g/mol. The zero-order chi connectivity index (χ0) is 14.3. The van der Waals surface area contributed by atoms with E-state index in [4.69, 9.17) is 5.11 Å². The van der Waals surface area contributed by atoms with Gasteiger partial charge in [0.15, 0.2) is 0 Å². The van der Waals surface area contributed by atoms with Crippen molar-refractivity contribution in [3.8, 4) is 0 Å². The molecule has 0 aromatic carbocycles. The van der Waals surface area contributed by atoms with Crippen molar-refractivity contribution in [3.05, 3.63) is 0 Å². The van der Waals surface area contributed by atoms with E-state index < -0.39 is 5.97 Å². The molecule has 0 bridgehead atoms. The van der Waals surface area contributed by atoms with Crippen LogP contribution in [0.4, 0.5) is 4.79 Å². The summed E-state index contributed by atoms with van der Waals surface area (Å²) in [6.07, 6.45) is 3.96. The molecular weight excluding hydrogens is 246 g/mol. The number of unbranched alkanes of at least 4 members (excludes halogenated alkanes) is 1. The Morgan fingerprint density at radius 2 is 2.00 bits per heavy atom. The van der Waals surface area contributed by atoms with E-state index in [0.29, 0.717) is 19.4 Å². The summed E-state index contributed by atoms with van der Waals surface area (Å²) in [7, 11) is 4.05. The average molecular weight is 271 g/mol. The quantitative estimate of drug-likeness (QED) is 0.600. The van der Waals surface area contributed by atoms with Crippen molar-refractivity contribution in [3.63, 3.8) is 0 Å². The lowest BCUT2D eigenvalue weighted by Gasteiger charge is -2.14. The van der Waals surface area contributed by atoms with E-state index in [9.17, 15) is 9.59 Å². The van der Waals surface area contributed by atoms with Gasteiger partial charge in [-0.3, -0.25) is 4.79 Å². The number of rotatable bonds is 7. The van der Waals surface area contributed by atoms with Crippen LogP contribution in [0.3, 0.4) is 0 Å². The van der Waals surface area contributed by atoms with Crippen molar-refractivity contribution in [2.45, 2.75) is 38.1 Å². The number of urea groups is 1. The van der Waals surface area contributed by atoms with E-state index >= 15 is 0 Å². The van der Waals surface area contributed by atoms with Crippen molar-refractivity contribution in [2.24, 2.45) is 5.92 Å². The van der Waals surface area contributed by atoms with Crippen LogP contribution in [0.25, 0.3) is 0 Å². The van der Waals surface area contributed by atoms with Gasteiger partial charge >= 0.3 is 12.0 Å². The molecule has 0 aromatic heterocycles. The van der Waals surface area contributed by atoms with Gasteiger partial charge in [-0.25, -0.2) is 4.79 Å². The van der Waals surface area contributed by atoms with Crippen LogP contribution in [0.15, 0.2) is 0 Å². The van der Waals surface area contributed by atoms with Crippen LogP contribution in [-0.2, 0) is 4.79 Å². The summed E-state index contributed by atoms with van der Waals surface area (Å²) < 4.78 is 0. The standard InChI is InChI=1S/C13H25N3O3/c1-16(2)8-4-3-7-14-13(19)15-11-6-5-10(9-11)12(17)18/h10-11H,3-9H2,1-2H3,(H,17,18)(H2,14,15,19)/t10-,11+/m1/s1. The third-order valence-electron chi connectivity index (χ3n) is 3.43. The maximum Gasteiger partial charge on any atom is 0.315 e. The summed E-state index contributed by atoms with van der Waals surface area (Å²) in [5, 5.41) is 14.5. The van der Waals surface area contributed by atoms with E-state index in [1.54, 1.807) is 0 Å². The number of carbonyl (C=O) groups excluding carboxylic acids is 1. The van der Waals surface area contributed by atoms with Crippen molar-refractivity contribution < 1.29 is 14.7 Å². The number of amides is 2. The summed E-state index contributed by atoms with van der Waals surface area (Å²) in [5.74, 6) is -1.06. The van der Waals surface area contributed by atoms with Gasteiger partial charge in [-0.15, -0.1) is 0 Å². The van der Waals surface area contributed by atoms with Gasteiger partial charge in [-0.2, -0.15) is 0 Å². The van der Waals surface area contributed by atoms with E-state index in [-0.39, 0.29) is 18.0 Å². The molecule has 1 fully saturated rings. The normalized spacial score (nSPS) is 22.5. The van der Waals surface area contributed by atoms with Gasteiger partial charge in [0.2, 0.25) is 0 Å². The second kappa shape index (κ2) is 7.99. The maximum atomic E-state index is 11.6. The first-order valence-electron chi connectivity index (χ1n) is 6.91. The van der Waals surface area contributed by atoms with E-state index in [1.165, 1.54) is 0 Å². The molecule has 1 saturated carbocycles. The second-order valence-electron chi connectivity index (χ2n) is 5.46. The third-order valence-corrected chi connectivity index (χ3v) is 3.43. The fourth-order valence-corrected chi connectivity index (χ4v) is 2.33. The highest BCUT2D eigenvalue weighted by atomic mass is 16.4. The summed E-state index contributed by atoms with van der Waals surface area (Å²) in [5.41, 5.74) is 0. The van der Waals surface area contributed by atoms with Crippen molar-refractivity contribution >= 4 is 12.0 Å². The van der Waals surface area contributed by atoms with Gasteiger partial charge in [0.05, 0.1) is 5.92 Å². The lowest BCUT2D eigenvalue weighted by atomic mass is 10.1. The van der Waals surface area contributed by atoms with Crippen LogP contribution in [-0.4, -0.2) is 55.2 Å². The number of hydrogen-bond donors (Lipinski definition) is 3. The van der Waals surface area contributed by atoms with Gasteiger partial charge in [-0.05, 0) is 52.7 Å². The van der Waals surface area contributed by atoms with E-state index in [0.717, 1.165) is 25.8 Å². The van der Waals surface area contributed by atoms with Crippen molar-refractivity contribution in [1.82, 2.24) is 15.5 Å². The number of nitrogens with one attached hydrogen (secondary N) is 2. The Bertz CT molecular complexity index is 308. The van der Waals surface area contributed by atoms with Crippen LogP contribution in [0, 0.1) is 5.92 Å². The number of aliphatic carboxylic acids is 1. The fraction of sp³-hybridized carbons (Fsp3) is 0.846. The topological polar surface area (TPSA) is 81.7 Å². The predicted molar refractivity (Wildman–Crippen MR) is 73.1 cm³/mol. The smallest absolute Gasteiger partial charge is 0.315 e. The minimum atomic E-state index is -0.756. The Hall–Kier alpha value is -1.30. The average Bonchev–Trinajstić information content (AvgIpc) is 2.76. The summed E-state index contributed by atoms with van der Waals surface area (Å²) >= 11 is 0. The molecule has 0 spiro atoms. The molecule has 19 heavy (non-hydrogen) atoms. The summed E-state index contributed by atoms with van der Waals surface area (Å²) in [4.78, 5) is 24.5. The lowest BCUT2D eigenvalue weighted by molar-refractivity contribution is -0.141. The van der Waals surface area contributed by atoms with Crippen LogP contribution >= 0.6 is 0 Å². The molecule has 1 aliphatic carbocycles. The Morgan fingerprint density at radius 1 is 1.26 bits per heavy atom. The summed E-state index contributed by atoms with van der Waals surface area (Å²) in [6.45, 7) is 1.68. The Morgan fingerprint density at radius 3 is 2.58 bits per heavy atom. The zero-order valence-electron chi connectivity index (χ0n) is 11.8. The molecule has 0 unspecified atom stereocenters. The summed E-state index contributed by atoms with van der Waals surface area (Å²) in [6, 6.07) is -0.177. The van der Waals surface area contributed by atoms with E-state index in [2.05, 4.69) is 15.5 Å². The Balaban J connectivity index is 2.07. The molecule has 1 rings (SSSR count). The predicted octanol–water partition coefficient (Wildman–Crippen LogP) is 0.881. The first-order valence-corrected chi connectivity index (χ1v) is 6.91. The number of nitrogens with zero attached hydrogens (tertiary/aromatic N) is 1. The first kappa shape index (κ1) is 15.8. The minimum absolute atomic E-state index is 0.00266.